The lowest BCUT2D eigenvalue weighted by molar-refractivity contribution is 0.100. The van der Waals surface area contributed by atoms with Gasteiger partial charge in [0.15, 0.2) is 0 Å². The first-order chi connectivity index (χ1) is 14.8. The molecule has 31 heavy (non-hydrogen) atoms. The number of halogens is 3. The Kier molecular flexibility index (Phi) is 7.17. The Morgan fingerprint density at radius 3 is 2.52 bits per heavy atom. The number of rotatable bonds is 4. The molecule has 0 saturated heterocycles. The molecule has 0 spiro atoms. The van der Waals surface area contributed by atoms with Crippen molar-refractivity contribution in [3.05, 3.63) is 92.8 Å². The molecule has 4 N–H and O–H groups in total. The molecule has 0 radical (unpaired) electrons. The van der Waals surface area contributed by atoms with Crippen LogP contribution >= 0.6 is 34.8 Å². The van der Waals surface area contributed by atoms with Crippen molar-refractivity contribution >= 4 is 57.8 Å². The molecule has 6 nitrogen and oxygen atoms in total. The fourth-order valence-corrected chi connectivity index (χ4v) is 3.35. The van der Waals surface area contributed by atoms with E-state index in [0.717, 1.165) is 22.2 Å². The highest BCUT2D eigenvalue weighted by molar-refractivity contribution is 6.41. The van der Waals surface area contributed by atoms with E-state index < -0.39 is 5.91 Å². The number of hydrogen-bond acceptors (Lipinski definition) is 4. The number of nitrogens with zero attached hydrogens (tertiary/aromatic N) is 2. The van der Waals surface area contributed by atoms with Crippen LogP contribution in [-0.2, 0) is 6.54 Å². The van der Waals surface area contributed by atoms with E-state index in [1.165, 1.54) is 24.4 Å². The normalized spacial score (nSPS) is 10.4. The molecule has 0 aliphatic rings. The summed E-state index contributed by atoms with van der Waals surface area (Å²) in [4.78, 5) is 14.8. The molecule has 0 fully saturated rings. The topological polar surface area (TPSA) is 105 Å². The summed E-state index contributed by atoms with van der Waals surface area (Å²) >= 11 is 17.3. The second-order valence-corrected chi connectivity index (χ2v) is 7.65. The number of pyridine rings is 1. The first kappa shape index (κ1) is 22.6. The fraction of sp³-hybridized carbons (Fsp3) is 0.0455. The first-order valence-corrected chi connectivity index (χ1v) is 10.1. The van der Waals surface area contributed by atoms with Crippen LogP contribution < -0.4 is 5.73 Å². The number of fused-ring (bicyclic) bond motifs is 1. The van der Waals surface area contributed by atoms with Gasteiger partial charge in [-0.1, -0.05) is 46.9 Å². The lowest BCUT2D eigenvalue weighted by atomic mass is 10.1. The summed E-state index contributed by atoms with van der Waals surface area (Å²) in [6.45, 7) is 0.613. The number of phenols is 1. The molecule has 0 atom stereocenters. The summed E-state index contributed by atoms with van der Waals surface area (Å²) in [5.41, 5.74) is 8.06. The third kappa shape index (κ3) is 5.35. The third-order valence-corrected chi connectivity index (χ3v) is 5.42. The number of benzene rings is 2. The number of phenolic OH excluding ortho intramolecular Hbond substituents is 1. The van der Waals surface area contributed by atoms with Crippen LogP contribution in [0.3, 0.4) is 0 Å². The average molecular weight is 476 g/mol. The molecule has 2 heterocycles. The summed E-state index contributed by atoms with van der Waals surface area (Å²) in [6, 6.07) is 15.6. The molecular weight excluding hydrogens is 459 g/mol. The Bertz CT molecular complexity index is 1270. The van der Waals surface area contributed by atoms with Gasteiger partial charge in [-0.2, -0.15) is 0 Å². The van der Waals surface area contributed by atoms with Crippen molar-refractivity contribution in [1.29, 1.82) is 5.41 Å². The molecule has 4 aromatic rings. The van der Waals surface area contributed by atoms with Crippen LogP contribution in [0, 0.1) is 5.41 Å². The van der Waals surface area contributed by atoms with Gasteiger partial charge in [-0.3, -0.25) is 4.79 Å². The van der Waals surface area contributed by atoms with Crippen molar-refractivity contribution in [1.82, 2.24) is 9.55 Å². The van der Waals surface area contributed by atoms with Crippen molar-refractivity contribution in [3.8, 4) is 5.75 Å². The molecule has 0 aliphatic carbocycles. The molecule has 2 aromatic heterocycles. The fourth-order valence-electron chi connectivity index (χ4n) is 2.89. The van der Waals surface area contributed by atoms with Crippen molar-refractivity contribution in [2.24, 2.45) is 5.73 Å². The minimum absolute atomic E-state index is 0.0586. The molecule has 2 aromatic carbocycles. The van der Waals surface area contributed by atoms with E-state index in [-0.39, 0.29) is 16.3 Å². The Morgan fingerprint density at radius 1 is 1.10 bits per heavy atom. The number of carbonyl (C=O) groups excluding carboxylic acids is 1. The summed E-state index contributed by atoms with van der Waals surface area (Å²) in [7, 11) is 0. The highest BCUT2D eigenvalue weighted by atomic mass is 35.5. The number of nitrogens with two attached hydrogens (primary N) is 1. The first-order valence-electron chi connectivity index (χ1n) is 8.97. The zero-order valence-corrected chi connectivity index (χ0v) is 18.3. The van der Waals surface area contributed by atoms with E-state index in [1.807, 2.05) is 36.5 Å². The van der Waals surface area contributed by atoms with Crippen LogP contribution in [0.1, 0.15) is 21.6 Å². The molecule has 1 amide bonds. The highest BCUT2D eigenvalue weighted by Gasteiger charge is 2.07. The minimum Gasteiger partial charge on any atom is -0.506 e. The molecule has 0 saturated carbocycles. The van der Waals surface area contributed by atoms with Gasteiger partial charge >= 0.3 is 0 Å². The molecule has 158 valence electrons. The SMILES string of the molecule is N=Cc1cccc2c1ccn2Cc1ccc(Cl)c(Cl)n1.NC(=O)c1ccc(O)c(Cl)c1. The number of primary amides is 1. The molecular formula is C22H17Cl3N4O2. The van der Waals surface area contributed by atoms with Crippen LogP contribution in [0.15, 0.2) is 60.8 Å². The number of aromatic nitrogens is 2. The van der Waals surface area contributed by atoms with Gasteiger partial charge in [-0.15, -0.1) is 0 Å². The van der Waals surface area contributed by atoms with Gasteiger partial charge in [0, 0.05) is 34.4 Å². The van der Waals surface area contributed by atoms with Crippen molar-refractivity contribution in [2.75, 3.05) is 0 Å². The van der Waals surface area contributed by atoms with Crippen molar-refractivity contribution < 1.29 is 9.90 Å². The lowest BCUT2D eigenvalue weighted by Gasteiger charge is -2.06. The van der Waals surface area contributed by atoms with Crippen LogP contribution in [-0.4, -0.2) is 26.8 Å². The maximum absolute atomic E-state index is 10.5. The maximum atomic E-state index is 10.5. The van der Waals surface area contributed by atoms with Gasteiger partial charge in [0.25, 0.3) is 0 Å². The minimum atomic E-state index is -0.563. The van der Waals surface area contributed by atoms with Crippen LogP contribution in [0.5, 0.6) is 5.75 Å². The summed E-state index contributed by atoms with van der Waals surface area (Å²) in [6.07, 6.45) is 3.35. The van der Waals surface area contributed by atoms with Gasteiger partial charge in [0.05, 0.1) is 22.3 Å². The van der Waals surface area contributed by atoms with Crippen LogP contribution in [0.4, 0.5) is 0 Å². The highest BCUT2D eigenvalue weighted by Crippen LogP contribution is 2.24. The number of aromatic hydroxyl groups is 1. The van der Waals surface area contributed by atoms with Crippen LogP contribution in [0.2, 0.25) is 15.2 Å². The predicted molar refractivity (Wildman–Crippen MR) is 125 cm³/mol. The van der Waals surface area contributed by atoms with Gasteiger partial charge in [0.2, 0.25) is 5.91 Å². The van der Waals surface area contributed by atoms with Gasteiger partial charge < -0.3 is 20.8 Å². The van der Waals surface area contributed by atoms with E-state index in [0.29, 0.717) is 16.7 Å². The van der Waals surface area contributed by atoms with Gasteiger partial charge in [-0.05, 0) is 42.5 Å². The molecule has 9 heteroatoms. The van der Waals surface area contributed by atoms with E-state index in [2.05, 4.69) is 9.55 Å². The molecule has 0 bridgehead atoms. The smallest absolute Gasteiger partial charge is 0.248 e. The Labute approximate surface area is 193 Å². The molecule has 0 aliphatic heterocycles. The lowest BCUT2D eigenvalue weighted by Crippen LogP contribution is -2.10. The van der Waals surface area contributed by atoms with Gasteiger partial charge in [0.1, 0.15) is 10.9 Å². The van der Waals surface area contributed by atoms with Crippen molar-refractivity contribution in [2.45, 2.75) is 6.54 Å². The van der Waals surface area contributed by atoms with E-state index in [1.54, 1.807) is 6.07 Å². The van der Waals surface area contributed by atoms with E-state index in [4.69, 9.17) is 51.1 Å². The third-order valence-electron chi connectivity index (χ3n) is 4.43. The Balaban J connectivity index is 0.000000210. The molecule has 4 rings (SSSR count). The van der Waals surface area contributed by atoms with Crippen LogP contribution in [0.25, 0.3) is 10.9 Å². The summed E-state index contributed by atoms with van der Waals surface area (Å²) in [5.74, 6) is -0.622. The predicted octanol–water partition coefficient (Wildman–Crippen LogP) is 5.53. The number of carbonyl (C=O) groups is 1. The second-order valence-electron chi connectivity index (χ2n) is 6.47. The summed E-state index contributed by atoms with van der Waals surface area (Å²) in [5, 5.41) is 18.3. The quantitative estimate of drug-likeness (QED) is 0.267. The summed E-state index contributed by atoms with van der Waals surface area (Å²) < 4.78 is 2.08. The largest absolute Gasteiger partial charge is 0.506 e. The zero-order valence-electron chi connectivity index (χ0n) is 16.0. The number of nitrogens with one attached hydrogen (secondary N) is 1. The number of amides is 1. The zero-order chi connectivity index (χ0) is 22.5. The van der Waals surface area contributed by atoms with Gasteiger partial charge in [-0.25, -0.2) is 4.98 Å². The second kappa shape index (κ2) is 9.83. The monoisotopic (exact) mass is 474 g/mol. The maximum Gasteiger partial charge on any atom is 0.248 e. The average Bonchev–Trinajstić information content (AvgIpc) is 3.16. The number of hydrogen-bond donors (Lipinski definition) is 3. The van der Waals surface area contributed by atoms with Crippen molar-refractivity contribution in [3.63, 3.8) is 0 Å². The molecule has 0 unspecified atom stereocenters. The van der Waals surface area contributed by atoms with E-state index in [9.17, 15) is 4.79 Å². The van der Waals surface area contributed by atoms with E-state index >= 15 is 0 Å². The Morgan fingerprint density at radius 2 is 1.87 bits per heavy atom. The Hall–Kier alpha value is -3.06. The standard InChI is InChI=1S/C15H11Cl2N3.C7H6ClNO2/c16-13-5-4-11(19-15(13)17)9-20-7-6-12-10(8-18)2-1-3-14(12)20;8-5-3-4(7(9)11)1-2-6(5)10/h1-8,18H,9H2;1-3,10H,(H2,9,11).